The highest BCUT2D eigenvalue weighted by molar-refractivity contribution is 5.85. The van der Waals surface area contributed by atoms with Gasteiger partial charge in [-0.05, 0) is 33.6 Å². The fourth-order valence-corrected chi connectivity index (χ4v) is 1.73. The summed E-state index contributed by atoms with van der Waals surface area (Å²) in [6.45, 7) is 9.95. The van der Waals surface area contributed by atoms with Crippen LogP contribution < -0.4 is 5.32 Å². The van der Waals surface area contributed by atoms with Gasteiger partial charge in [-0.15, -0.1) is 0 Å². The molecule has 19 heavy (non-hydrogen) atoms. The molecule has 1 unspecified atom stereocenters. The Morgan fingerprint density at radius 3 is 2.21 bits per heavy atom. The third-order valence-corrected chi connectivity index (χ3v) is 3.45. The highest BCUT2D eigenvalue weighted by atomic mass is 16.4. The number of urea groups is 1. The lowest BCUT2D eigenvalue weighted by Crippen LogP contribution is -2.57. The molecule has 0 bridgehead atoms. The van der Waals surface area contributed by atoms with Crippen molar-refractivity contribution in [3.63, 3.8) is 0 Å². The smallest absolute Gasteiger partial charge is 0.329 e. The summed E-state index contributed by atoms with van der Waals surface area (Å²) in [6, 6.07) is -0.232. The van der Waals surface area contributed by atoms with Gasteiger partial charge in [0, 0.05) is 12.6 Å². The van der Waals surface area contributed by atoms with Gasteiger partial charge in [0.25, 0.3) is 0 Å². The fourth-order valence-electron chi connectivity index (χ4n) is 1.73. The molecule has 5 heteroatoms. The largest absolute Gasteiger partial charge is 0.480 e. The molecule has 5 nitrogen and oxygen atoms in total. The van der Waals surface area contributed by atoms with E-state index in [9.17, 15) is 14.7 Å². The topological polar surface area (TPSA) is 69.6 Å². The lowest BCUT2D eigenvalue weighted by molar-refractivity contribution is -0.143. The Morgan fingerprint density at radius 2 is 1.84 bits per heavy atom. The van der Waals surface area contributed by atoms with Crippen molar-refractivity contribution in [1.29, 1.82) is 0 Å². The molecule has 0 aromatic carbocycles. The number of carbonyl (C=O) groups excluding carboxylic acids is 1. The van der Waals surface area contributed by atoms with E-state index in [-0.39, 0.29) is 12.1 Å². The van der Waals surface area contributed by atoms with Gasteiger partial charge in [-0.1, -0.05) is 26.7 Å². The zero-order valence-electron chi connectivity index (χ0n) is 12.8. The van der Waals surface area contributed by atoms with E-state index in [2.05, 4.69) is 12.2 Å². The summed E-state index contributed by atoms with van der Waals surface area (Å²) in [4.78, 5) is 25.1. The summed E-state index contributed by atoms with van der Waals surface area (Å²) in [5.41, 5.74) is -1.20. The molecule has 0 heterocycles. The van der Waals surface area contributed by atoms with Crippen LogP contribution >= 0.6 is 0 Å². The number of carboxylic acid groups (broad SMARTS) is 1. The van der Waals surface area contributed by atoms with Gasteiger partial charge >= 0.3 is 12.0 Å². The summed E-state index contributed by atoms with van der Waals surface area (Å²) in [7, 11) is 0. The average molecular weight is 272 g/mol. The number of rotatable bonds is 8. The van der Waals surface area contributed by atoms with Crippen LogP contribution in [0.4, 0.5) is 4.79 Å². The Bertz CT molecular complexity index is 305. The van der Waals surface area contributed by atoms with Crippen LogP contribution in [0.5, 0.6) is 0 Å². The van der Waals surface area contributed by atoms with Gasteiger partial charge < -0.3 is 15.3 Å². The van der Waals surface area contributed by atoms with Crippen LogP contribution in [0.2, 0.25) is 0 Å². The molecular formula is C14H28N2O3. The van der Waals surface area contributed by atoms with Crippen LogP contribution in [0.15, 0.2) is 0 Å². The van der Waals surface area contributed by atoms with Gasteiger partial charge in [-0.3, -0.25) is 0 Å². The molecule has 0 aliphatic heterocycles. The number of carbonyl (C=O) groups is 2. The molecule has 0 saturated carbocycles. The zero-order chi connectivity index (χ0) is 15.1. The molecule has 0 rings (SSSR count). The first kappa shape index (κ1) is 17.7. The molecule has 0 aromatic rings. The van der Waals surface area contributed by atoms with Crippen molar-refractivity contribution >= 4 is 12.0 Å². The molecule has 0 fully saturated rings. The average Bonchev–Trinajstić information content (AvgIpc) is 2.33. The lowest BCUT2D eigenvalue weighted by atomic mass is 9.99. The van der Waals surface area contributed by atoms with E-state index in [0.717, 1.165) is 19.3 Å². The number of carboxylic acids is 1. The Kier molecular flexibility index (Phi) is 7.49. The maximum absolute atomic E-state index is 12.2. The molecule has 0 radical (unpaired) electrons. The number of nitrogens with zero attached hydrogens (tertiary/aromatic N) is 1. The molecule has 2 amide bonds. The number of hydrogen-bond acceptors (Lipinski definition) is 2. The van der Waals surface area contributed by atoms with Crippen molar-refractivity contribution < 1.29 is 14.7 Å². The lowest BCUT2D eigenvalue weighted by Gasteiger charge is -2.32. The molecule has 0 spiro atoms. The number of amides is 2. The number of hydrogen-bond donors (Lipinski definition) is 2. The van der Waals surface area contributed by atoms with Crippen LogP contribution in [0, 0.1) is 0 Å². The Balaban J connectivity index is 4.68. The maximum atomic E-state index is 12.2. The molecule has 0 aliphatic rings. The van der Waals surface area contributed by atoms with E-state index in [1.807, 2.05) is 13.8 Å². The second-order valence-corrected chi connectivity index (χ2v) is 5.42. The molecular weight excluding hydrogens is 244 g/mol. The van der Waals surface area contributed by atoms with Crippen molar-refractivity contribution in [1.82, 2.24) is 10.2 Å². The van der Waals surface area contributed by atoms with Crippen molar-refractivity contribution in [2.45, 2.75) is 71.9 Å². The van der Waals surface area contributed by atoms with Gasteiger partial charge in [0.1, 0.15) is 5.54 Å². The quantitative estimate of drug-likeness (QED) is 0.667. The SMILES string of the molecule is CCCCCN(C(=O)NC(C)(CC)C(=O)O)C(C)C. The second kappa shape index (κ2) is 8.02. The molecule has 2 N–H and O–H groups in total. The zero-order valence-corrected chi connectivity index (χ0v) is 12.8. The van der Waals surface area contributed by atoms with Crippen LogP contribution in [-0.2, 0) is 4.79 Å². The third kappa shape index (κ3) is 5.49. The van der Waals surface area contributed by atoms with Crippen molar-refractivity contribution in [2.24, 2.45) is 0 Å². The number of nitrogens with one attached hydrogen (secondary N) is 1. The highest BCUT2D eigenvalue weighted by Gasteiger charge is 2.34. The highest BCUT2D eigenvalue weighted by Crippen LogP contribution is 2.12. The van der Waals surface area contributed by atoms with E-state index in [1.54, 1.807) is 11.8 Å². The first-order valence-corrected chi connectivity index (χ1v) is 7.10. The van der Waals surface area contributed by atoms with Crippen LogP contribution in [0.25, 0.3) is 0 Å². The minimum absolute atomic E-state index is 0.0618. The Morgan fingerprint density at radius 1 is 1.26 bits per heavy atom. The van der Waals surface area contributed by atoms with Crippen LogP contribution in [0.1, 0.15) is 60.3 Å². The van der Waals surface area contributed by atoms with Crippen molar-refractivity contribution in [2.75, 3.05) is 6.54 Å². The first-order valence-electron chi connectivity index (χ1n) is 7.10. The van der Waals surface area contributed by atoms with E-state index in [0.29, 0.717) is 13.0 Å². The predicted molar refractivity (Wildman–Crippen MR) is 76.2 cm³/mol. The van der Waals surface area contributed by atoms with Gasteiger partial charge in [-0.25, -0.2) is 9.59 Å². The van der Waals surface area contributed by atoms with E-state index < -0.39 is 11.5 Å². The van der Waals surface area contributed by atoms with E-state index in [4.69, 9.17) is 0 Å². The molecule has 112 valence electrons. The van der Waals surface area contributed by atoms with E-state index >= 15 is 0 Å². The minimum atomic E-state index is -1.20. The Hall–Kier alpha value is -1.26. The monoisotopic (exact) mass is 272 g/mol. The number of aliphatic carboxylic acids is 1. The second-order valence-electron chi connectivity index (χ2n) is 5.42. The standard InChI is InChI=1S/C14H28N2O3/c1-6-8-9-10-16(11(3)4)13(19)15-14(5,7-2)12(17)18/h11H,6-10H2,1-5H3,(H,15,19)(H,17,18). The molecule has 1 atom stereocenters. The van der Waals surface area contributed by atoms with Crippen LogP contribution in [0.3, 0.4) is 0 Å². The molecule has 0 aromatic heterocycles. The van der Waals surface area contributed by atoms with Gasteiger partial charge in [0.05, 0.1) is 0 Å². The fraction of sp³-hybridized carbons (Fsp3) is 0.857. The normalized spacial score (nSPS) is 14.0. The minimum Gasteiger partial charge on any atom is -0.480 e. The van der Waals surface area contributed by atoms with Crippen molar-refractivity contribution in [3.8, 4) is 0 Å². The van der Waals surface area contributed by atoms with Gasteiger partial charge in [0.2, 0.25) is 0 Å². The maximum Gasteiger partial charge on any atom is 0.329 e. The third-order valence-electron chi connectivity index (χ3n) is 3.45. The van der Waals surface area contributed by atoms with Gasteiger partial charge in [-0.2, -0.15) is 0 Å². The van der Waals surface area contributed by atoms with Crippen molar-refractivity contribution in [3.05, 3.63) is 0 Å². The van der Waals surface area contributed by atoms with E-state index in [1.165, 1.54) is 6.92 Å². The number of unbranched alkanes of at least 4 members (excludes halogenated alkanes) is 2. The summed E-state index contributed by atoms with van der Waals surface area (Å²) in [5, 5.41) is 11.8. The summed E-state index contributed by atoms with van der Waals surface area (Å²) in [6.07, 6.45) is 3.46. The summed E-state index contributed by atoms with van der Waals surface area (Å²) >= 11 is 0. The first-order chi connectivity index (χ1) is 8.78. The Labute approximate surface area is 116 Å². The van der Waals surface area contributed by atoms with Gasteiger partial charge in [0.15, 0.2) is 0 Å². The molecule has 0 saturated heterocycles. The predicted octanol–water partition coefficient (Wildman–Crippen LogP) is 2.85. The summed E-state index contributed by atoms with van der Waals surface area (Å²) < 4.78 is 0. The summed E-state index contributed by atoms with van der Waals surface area (Å²) in [5.74, 6) is -0.999. The van der Waals surface area contributed by atoms with Crippen LogP contribution in [-0.4, -0.2) is 40.1 Å². The molecule has 0 aliphatic carbocycles.